The van der Waals surface area contributed by atoms with Crippen molar-refractivity contribution < 1.29 is 18.0 Å². The highest BCUT2D eigenvalue weighted by atomic mass is 35.5. The van der Waals surface area contributed by atoms with Crippen LogP contribution in [-0.2, 0) is 14.8 Å². The van der Waals surface area contributed by atoms with Gasteiger partial charge in [-0.15, -0.1) is 0 Å². The van der Waals surface area contributed by atoms with Crippen LogP contribution in [-0.4, -0.2) is 45.8 Å². The van der Waals surface area contributed by atoms with E-state index in [-0.39, 0.29) is 27.9 Å². The third-order valence-electron chi connectivity index (χ3n) is 4.15. The molecule has 0 unspecified atom stereocenters. The van der Waals surface area contributed by atoms with Crippen molar-refractivity contribution in [2.75, 3.05) is 25.4 Å². The molecule has 0 spiro atoms. The maximum Gasteiger partial charge on any atom is 0.261 e. The number of halogens is 1. The summed E-state index contributed by atoms with van der Waals surface area (Å²) < 4.78 is 27.9. The first-order valence-electron chi connectivity index (χ1n) is 8.39. The van der Waals surface area contributed by atoms with Crippen LogP contribution in [0.3, 0.4) is 0 Å². The molecule has 2 aromatic carbocycles. The number of anilines is 1. The number of nitrogens with one attached hydrogen (secondary N) is 2. The number of hydrogen-bond acceptors (Lipinski definition) is 4. The maximum atomic E-state index is 12.7. The molecule has 0 aliphatic rings. The van der Waals surface area contributed by atoms with Crippen molar-refractivity contribution in [1.29, 1.82) is 0 Å². The summed E-state index contributed by atoms with van der Waals surface area (Å²) in [5.41, 5.74) is 2.37. The molecular formula is C19H22ClN3O4S. The molecule has 0 aliphatic carbocycles. The molecule has 0 aromatic heterocycles. The highest BCUT2D eigenvalue weighted by Gasteiger charge is 2.20. The lowest BCUT2D eigenvalue weighted by atomic mass is 10.1. The highest BCUT2D eigenvalue weighted by molar-refractivity contribution is 7.92. The largest absolute Gasteiger partial charge is 0.347 e. The fraction of sp³-hybridized carbons (Fsp3) is 0.263. The van der Waals surface area contributed by atoms with E-state index in [2.05, 4.69) is 10.0 Å². The molecule has 2 amide bonds. The minimum absolute atomic E-state index is 0.0313. The minimum atomic E-state index is -3.92. The Bertz CT molecular complexity index is 1020. The zero-order valence-electron chi connectivity index (χ0n) is 16.0. The molecule has 0 aliphatic heterocycles. The molecule has 0 fully saturated rings. The van der Waals surface area contributed by atoms with Gasteiger partial charge in [-0.2, -0.15) is 0 Å². The van der Waals surface area contributed by atoms with E-state index >= 15 is 0 Å². The van der Waals surface area contributed by atoms with Crippen molar-refractivity contribution in [3.05, 3.63) is 58.1 Å². The molecule has 150 valence electrons. The van der Waals surface area contributed by atoms with Crippen LogP contribution in [0, 0.1) is 13.8 Å². The summed E-state index contributed by atoms with van der Waals surface area (Å²) in [6.45, 7) is 3.59. The number of benzene rings is 2. The van der Waals surface area contributed by atoms with E-state index < -0.39 is 15.9 Å². The van der Waals surface area contributed by atoms with Crippen molar-refractivity contribution in [3.63, 3.8) is 0 Å². The van der Waals surface area contributed by atoms with Gasteiger partial charge in [-0.05, 0) is 55.3 Å². The summed E-state index contributed by atoms with van der Waals surface area (Å²) in [6, 6.07) is 9.03. The zero-order chi connectivity index (χ0) is 21.1. The first-order chi connectivity index (χ1) is 13.0. The number of carbonyl (C=O) groups is 2. The lowest BCUT2D eigenvalue weighted by molar-refractivity contribution is -0.127. The third-order valence-corrected chi connectivity index (χ3v) is 5.86. The van der Waals surface area contributed by atoms with Gasteiger partial charge < -0.3 is 10.2 Å². The van der Waals surface area contributed by atoms with Crippen LogP contribution in [0.15, 0.2) is 41.3 Å². The van der Waals surface area contributed by atoms with Gasteiger partial charge in [0.2, 0.25) is 5.91 Å². The van der Waals surface area contributed by atoms with Gasteiger partial charge in [0.05, 0.1) is 22.0 Å². The van der Waals surface area contributed by atoms with Gasteiger partial charge in [0.15, 0.2) is 0 Å². The van der Waals surface area contributed by atoms with Crippen LogP contribution in [0.2, 0.25) is 5.02 Å². The minimum Gasteiger partial charge on any atom is -0.347 e. The second-order valence-electron chi connectivity index (χ2n) is 6.52. The van der Waals surface area contributed by atoms with Crippen LogP contribution in [0.4, 0.5) is 5.69 Å². The van der Waals surface area contributed by atoms with Crippen LogP contribution in [0.1, 0.15) is 21.5 Å². The normalized spacial score (nSPS) is 11.0. The Morgan fingerprint density at radius 3 is 2.32 bits per heavy atom. The third kappa shape index (κ3) is 5.24. The molecule has 2 N–H and O–H groups in total. The summed E-state index contributed by atoms with van der Waals surface area (Å²) in [5.74, 6) is -0.937. The first-order valence-corrected chi connectivity index (χ1v) is 10.3. The number of sulfonamides is 1. The molecule has 28 heavy (non-hydrogen) atoms. The van der Waals surface area contributed by atoms with Gasteiger partial charge in [0.1, 0.15) is 0 Å². The Morgan fingerprint density at radius 2 is 1.71 bits per heavy atom. The fourth-order valence-electron chi connectivity index (χ4n) is 2.27. The molecule has 0 atom stereocenters. The summed E-state index contributed by atoms with van der Waals surface area (Å²) in [6.07, 6.45) is 0. The molecule has 0 bridgehead atoms. The zero-order valence-corrected chi connectivity index (χ0v) is 17.6. The van der Waals surface area contributed by atoms with Crippen molar-refractivity contribution in [1.82, 2.24) is 10.2 Å². The average Bonchev–Trinajstić information content (AvgIpc) is 2.62. The summed E-state index contributed by atoms with van der Waals surface area (Å²) in [4.78, 5) is 25.2. The summed E-state index contributed by atoms with van der Waals surface area (Å²) in [5, 5.41) is 2.52. The van der Waals surface area contributed by atoms with Crippen LogP contribution < -0.4 is 10.0 Å². The lowest BCUT2D eigenvalue weighted by Gasteiger charge is -2.13. The molecule has 0 saturated carbocycles. The summed E-state index contributed by atoms with van der Waals surface area (Å²) >= 11 is 6.05. The monoisotopic (exact) mass is 423 g/mol. The van der Waals surface area contributed by atoms with Crippen molar-refractivity contribution in [2.24, 2.45) is 0 Å². The number of rotatable bonds is 6. The van der Waals surface area contributed by atoms with Gasteiger partial charge in [0, 0.05) is 19.8 Å². The molecule has 0 heterocycles. The molecular weight excluding hydrogens is 402 g/mol. The average molecular weight is 424 g/mol. The van der Waals surface area contributed by atoms with Crippen molar-refractivity contribution in [2.45, 2.75) is 18.7 Å². The molecule has 2 rings (SSSR count). The topological polar surface area (TPSA) is 95.6 Å². The maximum absolute atomic E-state index is 12.7. The van der Waals surface area contributed by atoms with Gasteiger partial charge in [0.25, 0.3) is 15.9 Å². The number of likely N-dealkylation sites (N-methyl/N-ethyl adjacent to an activating group) is 1. The van der Waals surface area contributed by atoms with Crippen LogP contribution >= 0.6 is 11.6 Å². The number of hydrogen-bond donors (Lipinski definition) is 2. The molecule has 9 heteroatoms. The Morgan fingerprint density at radius 1 is 1.04 bits per heavy atom. The fourth-order valence-corrected chi connectivity index (χ4v) is 3.55. The number of carbonyl (C=O) groups excluding carboxylic acids is 2. The molecule has 0 radical (unpaired) electrons. The smallest absolute Gasteiger partial charge is 0.261 e. The molecule has 7 nitrogen and oxygen atoms in total. The van der Waals surface area contributed by atoms with E-state index in [1.54, 1.807) is 26.2 Å². The lowest BCUT2D eigenvalue weighted by Crippen LogP contribution is -2.36. The number of amides is 2. The second kappa shape index (κ2) is 8.62. The predicted molar refractivity (Wildman–Crippen MR) is 109 cm³/mol. The second-order valence-corrected chi connectivity index (χ2v) is 8.61. The van der Waals surface area contributed by atoms with Gasteiger partial charge >= 0.3 is 0 Å². The first kappa shape index (κ1) is 21.7. The Labute approximate surface area is 169 Å². The standard InChI is InChI=1S/C19H22ClN3O4S/c1-12-5-6-14(9-13(12)2)22-28(26,27)15-7-8-17(20)16(10-15)19(25)21-11-18(24)23(3)4/h5-10,22H,11H2,1-4H3,(H,21,25). The Kier molecular flexibility index (Phi) is 6.69. The van der Waals surface area contributed by atoms with Crippen molar-refractivity contribution >= 4 is 39.1 Å². The van der Waals surface area contributed by atoms with E-state index in [9.17, 15) is 18.0 Å². The molecule has 0 saturated heterocycles. The summed E-state index contributed by atoms with van der Waals surface area (Å²) in [7, 11) is -0.799. The van der Waals surface area contributed by atoms with E-state index in [0.717, 1.165) is 11.1 Å². The Hall–Kier alpha value is -2.58. The van der Waals surface area contributed by atoms with Crippen LogP contribution in [0.5, 0.6) is 0 Å². The highest BCUT2D eigenvalue weighted by Crippen LogP contribution is 2.23. The Balaban J connectivity index is 2.26. The van der Waals surface area contributed by atoms with E-state index in [1.165, 1.54) is 23.1 Å². The van der Waals surface area contributed by atoms with Gasteiger partial charge in [-0.25, -0.2) is 8.42 Å². The van der Waals surface area contributed by atoms with E-state index in [4.69, 9.17) is 11.6 Å². The van der Waals surface area contributed by atoms with Crippen molar-refractivity contribution in [3.8, 4) is 0 Å². The predicted octanol–water partition coefficient (Wildman–Crippen LogP) is 2.58. The van der Waals surface area contributed by atoms with Gasteiger partial charge in [-0.1, -0.05) is 17.7 Å². The van der Waals surface area contributed by atoms with E-state index in [0.29, 0.717) is 5.69 Å². The number of nitrogens with zero attached hydrogens (tertiary/aromatic N) is 1. The molecule has 2 aromatic rings. The van der Waals surface area contributed by atoms with Crippen LogP contribution in [0.25, 0.3) is 0 Å². The quantitative estimate of drug-likeness (QED) is 0.746. The van der Waals surface area contributed by atoms with E-state index in [1.807, 2.05) is 19.9 Å². The number of aryl methyl sites for hydroxylation is 2. The van der Waals surface area contributed by atoms with Gasteiger partial charge in [-0.3, -0.25) is 14.3 Å². The SMILES string of the molecule is Cc1ccc(NS(=O)(=O)c2ccc(Cl)c(C(=O)NCC(=O)N(C)C)c2)cc1C.